The second kappa shape index (κ2) is 45.2. The molecular formula is C106H140F3N25O13. The van der Waals surface area contributed by atoms with Gasteiger partial charge in [-0.3, -0.25) is 38.4 Å². The number of benzene rings is 4. The summed E-state index contributed by atoms with van der Waals surface area (Å²) in [5.74, 6) is 2.64. The minimum atomic E-state index is -4.97. The molecule has 8 aromatic rings. The molecule has 10 heterocycles. The summed E-state index contributed by atoms with van der Waals surface area (Å²) in [4.78, 5) is 169. The van der Waals surface area contributed by atoms with Crippen LogP contribution in [-0.2, 0) is 33.4 Å². The number of fused-ring (bicyclic) bond motifs is 4. The molecule has 0 radical (unpaired) electrons. The van der Waals surface area contributed by atoms with Crippen molar-refractivity contribution in [3.8, 4) is 5.75 Å². The standard InChI is InChI=1S/C30H41N7O4.C27H36N6O3.C25H34N6O3.C24H29F3N6O3/c1-29(2,3)41-28(40)36-16-21(17-36)32-25(38)19-10-9-11-20(14-19)33-27-31-15-23-24(34-27)37(22-12-7-8-13-22)18-30(4,5)26(39)35(23)6;1-27(2)17-33(21-9-4-5-10-21)23-22(32(3)25(27)35)16-28-26(31-23)30-20-8-6-7-18(15-20)24(34)29-19-11-13-36-14-12-19;1-25(2)16-31(19-10-5-6-11-19)21-20(30(3)23(25)33)15-27-24(29-21)28-18-9-7-8-17(14-18)22(32)26-12-13-34-4;1-23(2)13-33(15-7-5-6-8-15)19-17(32(4)21(23)35)12-29-22(31-19)30-16-10-9-14(20(34)28-3)11-18(16)36-24(25,26)27/h9-11,14-15,21-22H,7-8,12-13,16-18H2,1-6H3,(H,32,38)(H,31,33,34);6-8,15-16,19,21H,4-5,9-14,17H2,1-3H3,(H,29,34)(H,28,30,31);7-9,14-15,19H,5-6,10-13,16H2,1-4H3,(H,26,32)(H,27,28,29);9-12,15H,5-8,13H2,1-4H3,(H,28,34)(H,29,30,31). The lowest BCUT2D eigenvalue weighted by molar-refractivity contribution is -0.274. The van der Waals surface area contributed by atoms with Crippen LogP contribution in [0.3, 0.4) is 0 Å². The number of carbonyl (C=O) groups is 9. The quantitative estimate of drug-likeness (QED) is 0.0292. The molecule has 4 saturated carbocycles. The number of alkyl halides is 3. The SMILES string of the molecule is CN1C(=O)C(C)(C)CN(C2CCCC2)c2nc(Nc3cccc(C(=O)NC4CCOCC4)c3)ncc21.CN1C(=O)C(C)(C)CN(C2CCCC2)c2nc(Nc3cccc(C(=O)NC4CN(C(=O)OC(C)(C)C)C4)c3)ncc21.CNC(=O)c1ccc(Nc2ncc3c(n2)N(C2CCCC2)CC(C)(C)C(=O)N3C)c(OC(F)(F)F)c1.COCCNC(=O)c1cccc(Nc2ncc3c(n2)N(C2CCCC2)CC(C)(C)C(=O)N3C)c1. The van der Waals surface area contributed by atoms with Crippen LogP contribution in [0.15, 0.2) is 116 Å². The number of anilines is 16. The fourth-order valence-electron chi connectivity index (χ4n) is 20.7. The first-order valence-corrected chi connectivity index (χ1v) is 50.9. The van der Waals surface area contributed by atoms with Crippen LogP contribution in [0.1, 0.15) is 233 Å². The molecular weight excluding hydrogens is 1890 g/mol. The van der Waals surface area contributed by atoms with Gasteiger partial charge in [-0.15, -0.1) is 13.2 Å². The Morgan fingerprint density at radius 2 is 0.755 bits per heavy atom. The lowest BCUT2D eigenvalue weighted by Gasteiger charge is -2.39. The van der Waals surface area contributed by atoms with E-state index < -0.39 is 45.3 Å². The fourth-order valence-corrected chi connectivity index (χ4v) is 20.7. The molecule has 0 bridgehead atoms. The Hall–Kier alpha value is -13.9. The first kappa shape index (κ1) is 107. The fraction of sp³-hybridized carbons (Fsp3) is 0.538. The predicted octanol–water partition coefficient (Wildman–Crippen LogP) is 15.8. The zero-order valence-electron chi connectivity index (χ0n) is 87.3. The van der Waals surface area contributed by atoms with E-state index in [0.29, 0.717) is 147 Å². The molecule has 41 heteroatoms. The van der Waals surface area contributed by atoms with Crippen LogP contribution in [0.4, 0.5) is 111 Å². The van der Waals surface area contributed by atoms with Gasteiger partial charge in [0.1, 0.15) is 28.4 Å². The van der Waals surface area contributed by atoms with Gasteiger partial charge in [-0.2, -0.15) is 19.9 Å². The summed E-state index contributed by atoms with van der Waals surface area (Å²) in [5, 5.41) is 23.8. The number of aromatic nitrogens is 8. The van der Waals surface area contributed by atoms with E-state index in [1.54, 1.807) is 104 Å². The van der Waals surface area contributed by atoms with Crippen molar-refractivity contribution in [1.82, 2.24) is 66.0 Å². The summed E-state index contributed by atoms with van der Waals surface area (Å²) in [6.45, 7) is 26.6. The van der Waals surface area contributed by atoms with Crippen molar-refractivity contribution in [2.24, 2.45) is 21.7 Å². The van der Waals surface area contributed by atoms with Gasteiger partial charge in [0.05, 0.1) is 64.8 Å². The lowest BCUT2D eigenvalue weighted by atomic mass is 9.91. The third kappa shape index (κ3) is 25.9. The minimum absolute atomic E-state index is 0.0000703. The van der Waals surface area contributed by atoms with Gasteiger partial charge in [-0.05, 0) is 213 Å². The predicted molar refractivity (Wildman–Crippen MR) is 559 cm³/mol. The van der Waals surface area contributed by atoms with Crippen molar-refractivity contribution in [3.63, 3.8) is 0 Å². The minimum Gasteiger partial charge on any atom is -0.444 e. The number of methoxy groups -OCH3 is 1. The number of amides is 9. The highest BCUT2D eigenvalue weighted by atomic mass is 19.4. The number of nitrogens with zero attached hydrogens (tertiary/aromatic N) is 17. The Morgan fingerprint density at radius 1 is 0.429 bits per heavy atom. The average molecular weight is 2030 g/mol. The van der Waals surface area contributed by atoms with Crippen LogP contribution < -0.4 is 86.5 Å². The van der Waals surface area contributed by atoms with E-state index in [0.717, 1.165) is 118 Å². The number of hydrogen-bond acceptors (Lipinski definition) is 29. The Labute approximate surface area is 856 Å². The molecule has 38 nitrogen and oxygen atoms in total. The number of nitrogens with one attached hydrogen (secondary N) is 8. The van der Waals surface area contributed by atoms with Crippen molar-refractivity contribution in [2.45, 2.75) is 240 Å². The number of hydrogen-bond donors (Lipinski definition) is 8. The molecule has 0 spiro atoms. The van der Waals surface area contributed by atoms with Crippen LogP contribution in [0, 0.1) is 21.7 Å². The van der Waals surface area contributed by atoms with E-state index in [1.165, 1.54) is 68.8 Å². The summed E-state index contributed by atoms with van der Waals surface area (Å²) in [6, 6.07) is 26.7. The molecule has 9 amide bonds. The second-order valence-corrected chi connectivity index (χ2v) is 43.1. The lowest BCUT2D eigenvalue weighted by Crippen LogP contribution is -2.61. The molecule has 0 unspecified atom stereocenters. The Balaban J connectivity index is 0.000000147. The number of carbonyl (C=O) groups excluding carboxylic acids is 9. The number of halogens is 3. The number of likely N-dealkylation sites (tertiary alicyclic amines) is 1. The maximum absolute atomic E-state index is 13.2. The highest BCUT2D eigenvalue weighted by Crippen LogP contribution is 2.47. The normalized spacial score (nSPS) is 19.0. The maximum Gasteiger partial charge on any atom is 0.573 e. The summed E-state index contributed by atoms with van der Waals surface area (Å²) >= 11 is 0. The van der Waals surface area contributed by atoms with Crippen LogP contribution in [0.5, 0.6) is 5.75 Å². The molecule has 8 N–H and O–H groups in total. The van der Waals surface area contributed by atoms with Gasteiger partial charge in [0.15, 0.2) is 29.0 Å². The van der Waals surface area contributed by atoms with E-state index in [9.17, 15) is 56.3 Å². The Morgan fingerprint density at radius 3 is 1.08 bits per heavy atom. The molecule has 2 saturated heterocycles. The highest BCUT2D eigenvalue weighted by molar-refractivity contribution is 6.05. The van der Waals surface area contributed by atoms with Gasteiger partial charge in [0.2, 0.25) is 47.4 Å². The van der Waals surface area contributed by atoms with Crippen molar-refractivity contribution < 1.29 is 75.3 Å². The van der Waals surface area contributed by atoms with Crippen LogP contribution in [0.25, 0.3) is 0 Å². The molecule has 6 aliphatic heterocycles. The summed E-state index contributed by atoms with van der Waals surface area (Å²) < 4.78 is 59.2. The molecule has 4 aromatic heterocycles. The molecule has 0 atom stereocenters. The zero-order valence-corrected chi connectivity index (χ0v) is 87.3. The second-order valence-electron chi connectivity index (χ2n) is 43.1. The van der Waals surface area contributed by atoms with Gasteiger partial charge < -0.3 is 106 Å². The average Bonchev–Trinajstić information content (AvgIpc) is 1.64. The molecule has 4 aliphatic carbocycles. The van der Waals surface area contributed by atoms with E-state index in [4.69, 9.17) is 29.2 Å². The van der Waals surface area contributed by atoms with Crippen molar-refractivity contribution >= 4 is 146 Å². The molecule has 147 heavy (non-hydrogen) atoms. The Kier molecular flexibility index (Phi) is 33.0. The van der Waals surface area contributed by atoms with Crippen LogP contribution >= 0.6 is 0 Å². The molecule has 6 fully saturated rings. The largest absolute Gasteiger partial charge is 0.573 e. The van der Waals surface area contributed by atoms with Gasteiger partial charge in [0, 0.05) is 171 Å². The van der Waals surface area contributed by atoms with E-state index in [-0.39, 0.29) is 82.8 Å². The third-order valence-electron chi connectivity index (χ3n) is 28.5. The van der Waals surface area contributed by atoms with E-state index in [1.807, 2.05) is 119 Å². The van der Waals surface area contributed by atoms with Crippen LogP contribution in [-0.4, -0.2) is 254 Å². The topological polar surface area (TPSA) is 419 Å². The van der Waals surface area contributed by atoms with Crippen molar-refractivity contribution in [2.75, 3.05) is 168 Å². The molecule has 10 aliphatic rings. The smallest absolute Gasteiger partial charge is 0.444 e. The van der Waals surface area contributed by atoms with E-state index in [2.05, 4.69) is 91.8 Å². The highest BCUT2D eigenvalue weighted by Gasteiger charge is 2.48. The van der Waals surface area contributed by atoms with Gasteiger partial charge in [0.25, 0.3) is 23.6 Å². The van der Waals surface area contributed by atoms with Gasteiger partial charge in [-0.1, -0.05) is 69.6 Å². The van der Waals surface area contributed by atoms with E-state index >= 15 is 0 Å². The summed E-state index contributed by atoms with van der Waals surface area (Å²) in [5.41, 5.74) is 3.50. The monoisotopic (exact) mass is 2030 g/mol. The number of ether oxygens (including phenoxy) is 4. The maximum atomic E-state index is 13.2. The summed E-state index contributed by atoms with van der Waals surface area (Å²) in [6.07, 6.45) is 20.7. The van der Waals surface area contributed by atoms with Crippen molar-refractivity contribution in [3.05, 3.63) is 138 Å². The molecule has 18 rings (SSSR count). The first-order valence-electron chi connectivity index (χ1n) is 50.9. The van der Waals surface area contributed by atoms with Gasteiger partial charge in [-0.25, -0.2) is 24.7 Å². The first-order chi connectivity index (χ1) is 69.8. The van der Waals surface area contributed by atoms with Gasteiger partial charge >= 0.3 is 12.5 Å². The molecule has 4 aromatic carbocycles. The Bertz CT molecular complexity index is 6130. The zero-order chi connectivity index (χ0) is 105. The molecule has 788 valence electrons. The number of rotatable bonds is 22. The van der Waals surface area contributed by atoms with Crippen LogP contribution in [0.2, 0.25) is 0 Å². The van der Waals surface area contributed by atoms with Crippen molar-refractivity contribution in [1.29, 1.82) is 0 Å². The summed E-state index contributed by atoms with van der Waals surface area (Å²) in [7, 11) is 10.0. The third-order valence-corrected chi connectivity index (χ3v) is 28.5.